The second kappa shape index (κ2) is 11.2. The summed E-state index contributed by atoms with van der Waals surface area (Å²) in [4.78, 5) is 28.1. The summed E-state index contributed by atoms with van der Waals surface area (Å²) in [6, 6.07) is 17.2. The number of hydrogen-bond donors (Lipinski definition) is 1. The Morgan fingerprint density at radius 2 is 1.73 bits per heavy atom. The second-order valence-corrected chi connectivity index (χ2v) is 8.42. The van der Waals surface area contributed by atoms with Crippen LogP contribution in [0.4, 0.5) is 0 Å². The molecule has 1 fully saturated rings. The molecule has 1 aliphatic rings. The Kier molecular flexibility index (Phi) is 8.32. The fourth-order valence-electron chi connectivity index (χ4n) is 4.15. The van der Waals surface area contributed by atoms with Gasteiger partial charge in [0.25, 0.3) is 0 Å². The first-order chi connectivity index (χ1) is 14.6. The molecule has 0 saturated heterocycles. The third-order valence-electron chi connectivity index (χ3n) is 5.85. The number of aryl methyl sites for hydroxylation is 1. The number of hydrogen-bond acceptors (Lipinski definition) is 2. The normalized spacial score (nSPS) is 15.0. The van der Waals surface area contributed by atoms with Crippen LogP contribution in [0, 0.1) is 0 Å². The fraction of sp³-hybridized carbons (Fsp3) is 0.440. The van der Waals surface area contributed by atoms with Crippen LogP contribution in [-0.4, -0.2) is 28.8 Å². The molecule has 0 aliphatic heterocycles. The first kappa shape index (κ1) is 22.4. The van der Waals surface area contributed by atoms with Gasteiger partial charge < -0.3 is 10.2 Å². The molecule has 1 saturated carbocycles. The van der Waals surface area contributed by atoms with Gasteiger partial charge in [-0.05, 0) is 42.9 Å². The van der Waals surface area contributed by atoms with Crippen LogP contribution in [0.5, 0.6) is 0 Å². The van der Waals surface area contributed by atoms with Crippen molar-refractivity contribution in [1.29, 1.82) is 0 Å². The maximum Gasteiger partial charge on any atom is 0.243 e. The highest BCUT2D eigenvalue weighted by molar-refractivity contribution is 6.31. The van der Waals surface area contributed by atoms with E-state index in [0.717, 1.165) is 36.8 Å². The summed E-state index contributed by atoms with van der Waals surface area (Å²) in [7, 11) is 0. The summed E-state index contributed by atoms with van der Waals surface area (Å²) in [5.74, 6) is -0.0568. The van der Waals surface area contributed by atoms with E-state index in [1.54, 1.807) is 4.90 Å². The van der Waals surface area contributed by atoms with E-state index in [2.05, 4.69) is 5.32 Å². The minimum Gasteiger partial charge on any atom is -0.352 e. The molecule has 1 N–H and O–H groups in total. The Labute approximate surface area is 184 Å². The number of carbonyl (C=O) groups excluding carboxylic acids is 2. The summed E-state index contributed by atoms with van der Waals surface area (Å²) < 4.78 is 0. The van der Waals surface area contributed by atoms with Crippen molar-refractivity contribution in [1.82, 2.24) is 10.2 Å². The topological polar surface area (TPSA) is 49.4 Å². The van der Waals surface area contributed by atoms with E-state index >= 15 is 0 Å². The minimum absolute atomic E-state index is 0.0211. The van der Waals surface area contributed by atoms with E-state index in [0.29, 0.717) is 30.8 Å². The Morgan fingerprint density at radius 3 is 2.40 bits per heavy atom. The molecule has 0 unspecified atom stereocenters. The van der Waals surface area contributed by atoms with Crippen LogP contribution in [0.3, 0.4) is 0 Å². The van der Waals surface area contributed by atoms with Gasteiger partial charge in [0.1, 0.15) is 6.04 Å². The van der Waals surface area contributed by atoms with Gasteiger partial charge in [0.15, 0.2) is 0 Å². The number of rotatable bonds is 9. The summed E-state index contributed by atoms with van der Waals surface area (Å²) >= 11 is 6.26. The zero-order valence-electron chi connectivity index (χ0n) is 17.6. The quantitative estimate of drug-likeness (QED) is 0.603. The molecule has 1 aliphatic carbocycles. The SMILES string of the molecule is CC[C@H](C(=O)NC1CCCC1)N(Cc1ccccc1)C(=O)CCc1ccccc1Cl. The van der Waals surface area contributed by atoms with Crippen LogP contribution in [0.1, 0.15) is 56.6 Å². The Hall–Kier alpha value is -2.33. The molecular formula is C25H31ClN2O2. The number of halogens is 1. The summed E-state index contributed by atoms with van der Waals surface area (Å²) in [5.41, 5.74) is 1.98. The van der Waals surface area contributed by atoms with E-state index in [1.807, 2.05) is 61.5 Å². The monoisotopic (exact) mass is 426 g/mol. The van der Waals surface area contributed by atoms with Gasteiger partial charge in [-0.25, -0.2) is 0 Å². The van der Waals surface area contributed by atoms with Crippen molar-refractivity contribution >= 4 is 23.4 Å². The number of benzene rings is 2. The van der Waals surface area contributed by atoms with Crippen molar-refractivity contribution in [3.8, 4) is 0 Å². The molecule has 2 aromatic rings. The predicted octanol–water partition coefficient (Wildman–Crippen LogP) is 5.14. The summed E-state index contributed by atoms with van der Waals surface area (Å²) in [6.07, 6.45) is 5.85. The molecule has 30 heavy (non-hydrogen) atoms. The lowest BCUT2D eigenvalue weighted by molar-refractivity contribution is -0.141. The van der Waals surface area contributed by atoms with Crippen molar-refractivity contribution in [3.05, 3.63) is 70.7 Å². The molecular weight excluding hydrogens is 396 g/mol. The van der Waals surface area contributed by atoms with Gasteiger partial charge in [0, 0.05) is 24.0 Å². The maximum atomic E-state index is 13.3. The molecule has 160 valence electrons. The third kappa shape index (κ3) is 6.09. The third-order valence-corrected chi connectivity index (χ3v) is 6.22. The minimum atomic E-state index is -0.468. The van der Waals surface area contributed by atoms with Crippen molar-refractivity contribution < 1.29 is 9.59 Å². The van der Waals surface area contributed by atoms with Gasteiger partial charge in [-0.2, -0.15) is 0 Å². The first-order valence-corrected chi connectivity index (χ1v) is 11.3. The van der Waals surface area contributed by atoms with Crippen LogP contribution in [-0.2, 0) is 22.6 Å². The lowest BCUT2D eigenvalue weighted by atomic mass is 10.1. The molecule has 5 heteroatoms. The van der Waals surface area contributed by atoms with Crippen LogP contribution in [0.2, 0.25) is 5.02 Å². The molecule has 0 heterocycles. The number of nitrogens with zero attached hydrogens (tertiary/aromatic N) is 1. The van der Waals surface area contributed by atoms with Gasteiger partial charge >= 0.3 is 0 Å². The largest absolute Gasteiger partial charge is 0.352 e. The summed E-state index contributed by atoms with van der Waals surface area (Å²) in [5, 5.41) is 3.85. The lowest BCUT2D eigenvalue weighted by Crippen LogP contribution is -2.51. The number of amides is 2. The van der Waals surface area contributed by atoms with Gasteiger partial charge in [-0.15, -0.1) is 0 Å². The van der Waals surface area contributed by atoms with Gasteiger partial charge in [0.2, 0.25) is 11.8 Å². The molecule has 2 aromatic carbocycles. The smallest absolute Gasteiger partial charge is 0.243 e. The van der Waals surface area contributed by atoms with E-state index in [4.69, 9.17) is 11.6 Å². The molecule has 2 amide bonds. The van der Waals surface area contributed by atoms with Crippen molar-refractivity contribution in [2.45, 2.75) is 70.5 Å². The Balaban J connectivity index is 1.74. The molecule has 0 bridgehead atoms. The highest BCUT2D eigenvalue weighted by Gasteiger charge is 2.30. The van der Waals surface area contributed by atoms with Crippen LogP contribution in [0.15, 0.2) is 54.6 Å². The van der Waals surface area contributed by atoms with Gasteiger partial charge in [-0.1, -0.05) is 79.9 Å². The van der Waals surface area contributed by atoms with E-state index in [9.17, 15) is 9.59 Å². The van der Waals surface area contributed by atoms with Crippen LogP contribution >= 0.6 is 11.6 Å². The lowest BCUT2D eigenvalue weighted by Gasteiger charge is -2.31. The molecule has 1 atom stereocenters. The van der Waals surface area contributed by atoms with Crippen molar-refractivity contribution in [2.24, 2.45) is 0 Å². The first-order valence-electron chi connectivity index (χ1n) is 11.0. The van der Waals surface area contributed by atoms with Gasteiger partial charge in [-0.3, -0.25) is 9.59 Å². The van der Waals surface area contributed by atoms with E-state index in [-0.39, 0.29) is 17.9 Å². The molecule has 0 spiro atoms. The van der Waals surface area contributed by atoms with Crippen molar-refractivity contribution in [2.75, 3.05) is 0 Å². The zero-order chi connectivity index (χ0) is 21.3. The van der Waals surface area contributed by atoms with Crippen LogP contribution < -0.4 is 5.32 Å². The fourth-order valence-corrected chi connectivity index (χ4v) is 4.38. The van der Waals surface area contributed by atoms with E-state index in [1.165, 1.54) is 0 Å². The standard InChI is InChI=1S/C25H31ClN2O2/c1-2-23(25(30)27-21-13-7-8-14-21)28(18-19-10-4-3-5-11-19)24(29)17-16-20-12-6-9-15-22(20)26/h3-6,9-12,15,21,23H,2,7-8,13-14,16-18H2,1H3,(H,27,30)/t23-/m1/s1. The highest BCUT2D eigenvalue weighted by atomic mass is 35.5. The molecule has 4 nitrogen and oxygen atoms in total. The predicted molar refractivity (Wildman–Crippen MR) is 121 cm³/mol. The number of carbonyl (C=O) groups is 2. The Bertz CT molecular complexity index is 834. The maximum absolute atomic E-state index is 13.3. The highest BCUT2D eigenvalue weighted by Crippen LogP contribution is 2.21. The average Bonchev–Trinajstić information content (AvgIpc) is 3.26. The Morgan fingerprint density at radius 1 is 1.07 bits per heavy atom. The van der Waals surface area contributed by atoms with Crippen molar-refractivity contribution in [3.63, 3.8) is 0 Å². The summed E-state index contributed by atoms with van der Waals surface area (Å²) in [6.45, 7) is 2.40. The van der Waals surface area contributed by atoms with E-state index < -0.39 is 6.04 Å². The zero-order valence-corrected chi connectivity index (χ0v) is 18.4. The van der Waals surface area contributed by atoms with Gasteiger partial charge in [0.05, 0.1) is 0 Å². The molecule has 0 aromatic heterocycles. The molecule has 3 rings (SSSR count). The number of nitrogens with one attached hydrogen (secondary N) is 1. The van der Waals surface area contributed by atoms with Crippen LogP contribution in [0.25, 0.3) is 0 Å². The second-order valence-electron chi connectivity index (χ2n) is 8.01. The molecule has 0 radical (unpaired) electrons. The average molecular weight is 427 g/mol.